The molecule has 0 radical (unpaired) electrons. The van der Waals surface area contributed by atoms with Gasteiger partial charge in [-0.3, -0.25) is 4.79 Å². The molecule has 0 aliphatic heterocycles. The van der Waals surface area contributed by atoms with E-state index in [4.69, 9.17) is 4.74 Å². The van der Waals surface area contributed by atoms with E-state index < -0.39 is 11.9 Å². The first-order valence-corrected chi connectivity index (χ1v) is 7.05. The highest BCUT2D eigenvalue weighted by Gasteiger charge is 2.19. The van der Waals surface area contributed by atoms with Crippen LogP contribution in [0.3, 0.4) is 0 Å². The molecule has 0 aliphatic carbocycles. The van der Waals surface area contributed by atoms with Crippen molar-refractivity contribution < 1.29 is 14.6 Å². The second-order valence-electron chi connectivity index (χ2n) is 5.21. The summed E-state index contributed by atoms with van der Waals surface area (Å²) in [6.07, 6.45) is 0.451. The number of rotatable bonds is 6. The molecule has 3 heteroatoms. The summed E-state index contributed by atoms with van der Waals surface area (Å²) in [5.41, 5.74) is 3.07. The minimum atomic E-state index is -0.814. The minimum Gasteiger partial charge on any atom is -0.493 e. The quantitative estimate of drug-likeness (QED) is 0.874. The van der Waals surface area contributed by atoms with Crippen molar-refractivity contribution in [3.63, 3.8) is 0 Å². The lowest BCUT2D eigenvalue weighted by atomic mass is 9.96. The second kappa shape index (κ2) is 6.93. The van der Waals surface area contributed by atoms with Crippen molar-refractivity contribution in [2.75, 3.05) is 6.61 Å². The second-order valence-corrected chi connectivity index (χ2v) is 5.21. The number of carboxylic acids is 1. The maximum absolute atomic E-state index is 11.4. The zero-order chi connectivity index (χ0) is 15.2. The number of ether oxygens (including phenoxy) is 1. The number of hydrogen-bond donors (Lipinski definition) is 1. The van der Waals surface area contributed by atoms with E-state index in [1.165, 1.54) is 5.56 Å². The summed E-state index contributed by atoms with van der Waals surface area (Å²) >= 11 is 0. The first-order chi connectivity index (χ1) is 10.1. The fraction of sp³-hybridized carbons (Fsp3) is 0.278. The van der Waals surface area contributed by atoms with Gasteiger partial charge in [-0.2, -0.15) is 0 Å². The third-order valence-corrected chi connectivity index (χ3v) is 3.49. The maximum atomic E-state index is 11.4. The predicted molar refractivity (Wildman–Crippen MR) is 82.8 cm³/mol. The number of aryl methyl sites for hydroxylation is 2. The minimum absolute atomic E-state index is 0.385. The molecule has 2 aromatic carbocycles. The van der Waals surface area contributed by atoms with Crippen LogP contribution in [-0.4, -0.2) is 17.7 Å². The molecule has 0 saturated heterocycles. The molecule has 3 nitrogen and oxygen atoms in total. The van der Waals surface area contributed by atoms with Crippen LogP contribution in [0.25, 0.3) is 0 Å². The van der Waals surface area contributed by atoms with Gasteiger partial charge in [0.2, 0.25) is 0 Å². The van der Waals surface area contributed by atoms with Gasteiger partial charge in [0, 0.05) is 0 Å². The smallest absolute Gasteiger partial charge is 0.311 e. The number of carboxylic acid groups (broad SMARTS) is 1. The molecule has 110 valence electrons. The van der Waals surface area contributed by atoms with Crippen molar-refractivity contribution in [2.24, 2.45) is 0 Å². The van der Waals surface area contributed by atoms with Gasteiger partial charge in [-0.25, -0.2) is 0 Å². The molecule has 0 aliphatic rings. The third-order valence-electron chi connectivity index (χ3n) is 3.49. The van der Waals surface area contributed by atoms with Crippen molar-refractivity contribution in [3.05, 3.63) is 65.2 Å². The van der Waals surface area contributed by atoms with Crippen molar-refractivity contribution in [1.29, 1.82) is 0 Å². The van der Waals surface area contributed by atoms with Gasteiger partial charge in [0.1, 0.15) is 5.75 Å². The Morgan fingerprint density at radius 2 is 1.86 bits per heavy atom. The average Bonchev–Trinajstić information content (AvgIpc) is 2.46. The van der Waals surface area contributed by atoms with Gasteiger partial charge >= 0.3 is 5.97 Å². The SMILES string of the molecule is Cc1ccc(OCCC(C(=O)O)c2ccccc2)c(C)c1. The first-order valence-electron chi connectivity index (χ1n) is 7.05. The normalized spacial score (nSPS) is 11.9. The van der Waals surface area contributed by atoms with E-state index >= 15 is 0 Å². The number of carbonyl (C=O) groups is 1. The van der Waals surface area contributed by atoms with Crippen LogP contribution in [0.1, 0.15) is 29.0 Å². The van der Waals surface area contributed by atoms with E-state index in [1.54, 1.807) is 0 Å². The summed E-state index contributed by atoms with van der Waals surface area (Å²) in [4.78, 5) is 11.4. The van der Waals surface area contributed by atoms with Gasteiger partial charge in [0.25, 0.3) is 0 Å². The molecule has 21 heavy (non-hydrogen) atoms. The highest BCUT2D eigenvalue weighted by Crippen LogP contribution is 2.22. The standard InChI is InChI=1S/C18H20O3/c1-13-8-9-17(14(2)12-13)21-11-10-16(18(19)20)15-6-4-3-5-7-15/h3-9,12,16H,10-11H2,1-2H3,(H,19,20). The molecular weight excluding hydrogens is 264 g/mol. The molecule has 0 saturated carbocycles. The number of hydrogen-bond acceptors (Lipinski definition) is 2. The summed E-state index contributed by atoms with van der Waals surface area (Å²) < 4.78 is 5.73. The first kappa shape index (κ1) is 15.1. The Kier molecular flexibility index (Phi) is 4.99. The van der Waals surface area contributed by atoms with Crippen LogP contribution in [0.5, 0.6) is 5.75 Å². The van der Waals surface area contributed by atoms with Crippen molar-refractivity contribution >= 4 is 5.97 Å². The van der Waals surface area contributed by atoms with E-state index in [1.807, 2.05) is 56.3 Å². The summed E-state index contributed by atoms with van der Waals surface area (Å²) in [5, 5.41) is 9.36. The van der Waals surface area contributed by atoms with Crippen LogP contribution in [0, 0.1) is 13.8 Å². The fourth-order valence-corrected chi connectivity index (χ4v) is 2.37. The summed E-state index contributed by atoms with van der Waals surface area (Å²) in [5.74, 6) is -0.528. The zero-order valence-corrected chi connectivity index (χ0v) is 12.4. The monoisotopic (exact) mass is 284 g/mol. The zero-order valence-electron chi connectivity index (χ0n) is 12.4. The predicted octanol–water partition coefficient (Wildman–Crippen LogP) is 3.94. The van der Waals surface area contributed by atoms with E-state index in [0.29, 0.717) is 13.0 Å². The van der Waals surface area contributed by atoms with Gasteiger partial charge < -0.3 is 9.84 Å². The van der Waals surface area contributed by atoms with Crippen molar-refractivity contribution in [2.45, 2.75) is 26.2 Å². The summed E-state index contributed by atoms with van der Waals surface area (Å²) in [6.45, 7) is 4.41. The van der Waals surface area contributed by atoms with Gasteiger partial charge in [-0.1, -0.05) is 48.0 Å². The lowest BCUT2D eigenvalue weighted by Crippen LogP contribution is -2.15. The molecule has 1 unspecified atom stereocenters. The van der Waals surface area contributed by atoms with Crippen LogP contribution in [0.15, 0.2) is 48.5 Å². The van der Waals surface area contributed by atoms with Gasteiger partial charge in [0.05, 0.1) is 12.5 Å². The average molecular weight is 284 g/mol. The van der Waals surface area contributed by atoms with Crippen LogP contribution < -0.4 is 4.74 Å². The highest BCUT2D eigenvalue weighted by atomic mass is 16.5. The largest absolute Gasteiger partial charge is 0.493 e. The number of benzene rings is 2. The Hall–Kier alpha value is -2.29. The Bertz CT molecular complexity index is 605. The molecule has 0 bridgehead atoms. The fourth-order valence-electron chi connectivity index (χ4n) is 2.37. The molecule has 0 amide bonds. The van der Waals surface area contributed by atoms with Crippen LogP contribution >= 0.6 is 0 Å². The van der Waals surface area contributed by atoms with Gasteiger partial charge in [-0.05, 0) is 37.5 Å². The summed E-state index contributed by atoms with van der Waals surface area (Å²) in [6, 6.07) is 15.3. The Balaban J connectivity index is 1.98. The maximum Gasteiger partial charge on any atom is 0.311 e. The molecule has 0 aromatic heterocycles. The molecule has 0 heterocycles. The lowest BCUT2D eigenvalue weighted by molar-refractivity contribution is -0.139. The van der Waals surface area contributed by atoms with E-state index in [-0.39, 0.29) is 0 Å². The molecule has 1 N–H and O–H groups in total. The molecule has 1 atom stereocenters. The molecule has 0 fully saturated rings. The molecule has 2 aromatic rings. The Labute approximate surface area is 125 Å². The van der Waals surface area contributed by atoms with Gasteiger partial charge in [0.15, 0.2) is 0 Å². The Morgan fingerprint density at radius 3 is 2.48 bits per heavy atom. The van der Waals surface area contributed by atoms with Crippen LogP contribution in [-0.2, 0) is 4.79 Å². The van der Waals surface area contributed by atoms with Crippen molar-refractivity contribution in [3.8, 4) is 5.75 Å². The molecular formula is C18H20O3. The highest BCUT2D eigenvalue weighted by molar-refractivity contribution is 5.76. The summed E-state index contributed by atoms with van der Waals surface area (Å²) in [7, 11) is 0. The molecule has 0 spiro atoms. The Morgan fingerprint density at radius 1 is 1.14 bits per heavy atom. The van der Waals surface area contributed by atoms with Crippen molar-refractivity contribution in [1.82, 2.24) is 0 Å². The van der Waals surface area contributed by atoms with Crippen LogP contribution in [0.2, 0.25) is 0 Å². The van der Waals surface area contributed by atoms with Gasteiger partial charge in [-0.15, -0.1) is 0 Å². The van der Waals surface area contributed by atoms with E-state index in [2.05, 4.69) is 6.07 Å². The lowest BCUT2D eigenvalue weighted by Gasteiger charge is -2.14. The molecule has 2 rings (SSSR count). The number of aliphatic carboxylic acids is 1. The topological polar surface area (TPSA) is 46.5 Å². The van der Waals surface area contributed by atoms with E-state index in [0.717, 1.165) is 16.9 Å². The van der Waals surface area contributed by atoms with Crippen LogP contribution in [0.4, 0.5) is 0 Å². The third kappa shape index (κ3) is 4.09. The van der Waals surface area contributed by atoms with E-state index in [9.17, 15) is 9.90 Å².